The van der Waals surface area contributed by atoms with Crippen LogP contribution in [0.15, 0.2) is 65.7 Å². The summed E-state index contributed by atoms with van der Waals surface area (Å²) in [5.41, 5.74) is 3.58. The molecule has 0 saturated carbocycles. The molecule has 2 aromatic heterocycles. The second-order valence-electron chi connectivity index (χ2n) is 10.1. The van der Waals surface area contributed by atoms with Gasteiger partial charge < -0.3 is 20.1 Å². The number of anilines is 2. The third kappa shape index (κ3) is 4.89. The Morgan fingerprint density at radius 3 is 2.58 bits per heavy atom. The van der Waals surface area contributed by atoms with Crippen LogP contribution in [0.25, 0.3) is 0 Å². The van der Waals surface area contributed by atoms with E-state index in [1.165, 1.54) is 0 Å². The molecule has 36 heavy (non-hydrogen) atoms. The molecule has 3 aromatic rings. The average molecular weight is 486 g/mol. The molecule has 0 spiro atoms. The predicted molar refractivity (Wildman–Crippen MR) is 140 cm³/mol. The van der Waals surface area contributed by atoms with Gasteiger partial charge in [-0.3, -0.25) is 19.4 Å². The quantitative estimate of drug-likeness (QED) is 0.557. The van der Waals surface area contributed by atoms with Crippen molar-refractivity contribution in [3.8, 4) is 0 Å². The van der Waals surface area contributed by atoms with Crippen molar-refractivity contribution < 1.29 is 9.59 Å². The fourth-order valence-electron chi connectivity index (χ4n) is 5.24. The van der Waals surface area contributed by atoms with E-state index >= 15 is 0 Å². The molecule has 0 radical (unpaired) electrons. The summed E-state index contributed by atoms with van der Waals surface area (Å²) in [5, 5.41) is 5.99. The molecular weight excluding hydrogens is 454 g/mol. The number of benzene rings is 1. The molecule has 2 aliphatic heterocycles. The van der Waals surface area contributed by atoms with Crippen LogP contribution in [0, 0.1) is 11.8 Å². The van der Waals surface area contributed by atoms with Gasteiger partial charge in [-0.1, -0.05) is 19.9 Å². The summed E-state index contributed by atoms with van der Waals surface area (Å²) in [6.45, 7) is 6.86. The van der Waals surface area contributed by atoms with Gasteiger partial charge in [-0.2, -0.15) is 0 Å². The number of pyridine rings is 2. The van der Waals surface area contributed by atoms with Gasteiger partial charge in [0.25, 0.3) is 17.4 Å². The summed E-state index contributed by atoms with van der Waals surface area (Å²) >= 11 is 0. The molecule has 2 N–H and O–H groups in total. The van der Waals surface area contributed by atoms with E-state index in [4.69, 9.17) is 0 Å². The summed E-state index contributed by atoms with van der Waals surface area (Å²) in [4.78, 5) is 44.5. The van der Waals surface area contributed by atoms with E-state index in [0.29, 0.717) is 41.7 Å². The second kappa shape index (κ2) is 9.97. The molecule has 2 atom stereocenters. The van der Waals surface area contributed by atoms with E-state index in [-0.39, 0.29) is 23.3 Å². The minimum Gasteiger partial charge on any atom is -0.369 e. The lowest BCUT2D eigenvalue weighted by atomic mass is 9.83. The van der Waals surface area contributed by atoms with E-state index in [0.717, 1.165) is 30.9 Å². The minimum atomic E-state index is -0.257. The van der Waals surface area contributed by atoms with Crippen LogP contribution in [-0.2, 0) is 6.54 Å². The van der Waals surface area contributed by atoms with Crippen molar-refractivity contribution >= 4 is 23.2 Å². The molecular formula is C28H31N5O3. The first-order valence-electron chi connectivity index (χ1n) is 12.5. The zero-order chi connectivity index (χ0) is 25.2. The standard InChI is InChI=1S/C28H31N5O3/c1-18(2)14-30-27(35)21-6-7-25(23(13-21)31-28(36)20-8-10-29-11-9-20)32-15-19-12-22(17-32)24-4-3-5-26(34)33(24)16-19/h3-11,13,18-19,22H,12,14-17H2,1-2H3,(H,30,35)(H,31,36)/t19-,22+/m1/s1. The van der Waals surface area contributed by atoms with Gasteiger partial charge in [-0.15, -0.1) is 0 Å². The fourth-order valence-corrected chi connectivity index (χ4v) is 5.24. The third-order valence-electron chi connectivity index (χ3n) is 6.94. The molecule has 1 aromatic carbocycles. The molecule has 0 aliphatic carbocycles. The van der Waals surface area contributed by atoms with E-state index in [1.807, 2.05) is 42.7 Å². The summed E-state index contributed by atoms with van der Waals surface area (Å²) in [7, 11) is 0. The lowest BCUT2D eigenvalue weighted by molar-refractivity contribution is 0.0947. The Labute approximate surface area is 210 Å². The summed E-state index contributed by atoms with van der Waals surface area (Å²) in [6.07, 6.45) is 4.20. The average Bonchev–Trinajstić information content (AvgIpc) is 2.88. The Morgan fingerprint density at radius 1 is 1.00 bits per heavy atom. The van der Waals surface area contributed by atoms with Gasteiger partial charge in [-0.05, 0) is 54.7 Å². The van der Waals surface area contributed by atoms with Crippen LogP contribution in [-0.4, -0.2) is 41.0 Å². The molecule has 5 rings (SSSR count). The molecule has 186 valence electrons. The number of hydrogen-bond donors (Lipinski definition) is 2. The lowest BCUT2D eigenvalue weighted by Gasteiger charge is -2.44. The highest BCUT2D eigenvalue weighted by Gasteiger charge is 2.35. The summed E-state index contributed by atoms with van der Waals surface area (Å²) in [6, 6.07) is 14.3. The summed E-state index contributed by atoms with van der Waals surface area (Å²) < 4.78 is 1.91. The van der Waals surface area contributed by atoms with Crippen LogP contribution in [0.4, 0.5) is 11.4 Å². The normalized spacial score (nSPS) is 18.5. The van der Waals surface area contributed by atoms with Crippen molar-refractivity contribution in [3.05, 3.63) is 88.1 Å². The molecule has 2 bridgehead atoms. The SMILES string of the molecule is CC(C)CNC(=O)c1ccc(N2C[C@H]3C[C@@H](C2)c2cccc(=O)n2C3)c(NC(=O)c2ccncc2)c1. The lowest BCUT2D eigenvalue weighted by Crippen LogP contribution is -2.47. The molecule has 2 amide bonds. The zero-order valence-corrected chi connectivity index (χ0v) is 20.6. The van der Waals surface area contributed by atoms with Crippen LogP contribution < -0.4 is 21.1 Å². The maximum atomic E-state index is 13.0. The van der Waals surface area contributed by atoms with Crippen molar-refractivity contribution in [2.45, 2.75) is 32.7 Å². The Morgan fingerprint density at radius 2 is 1.81 bits per heavy atom. The smallest absolute Gasteiger partial charge is 0.255 e. The zero-order valence-electron chi connectivity index (χ0n) is 20.6. The molecule has 4 heterocycles. The van der Waals surface area contributed by atoms with E-state index < -0.39 is 0 Å². The van der Waals surface area contributed by atoms with Gasteiger partial charge in [0, 0.05) is 67.4 Å². The first-order valence-corrected chi connectivity index (χ1v) is 12.5. The first-order chi connectivity index (χ1) is 17.4. The van der Waals surface area contributed by atoms with Crippen molar-refractivity contribution in [3.63, 3.8) is 0 Å². The van der Waals surface area contributed by atoms with Crippen LogP contribution >= 0.6 is 0 Å². The van der Waals surface area contributed by atoms with Crippen LogP contribution in [0.2, 0.25) is 0 Å². The van der Waals surface area contributed by atoms with Crippen LogP contribution in [0.3, 0.4) is 0 Å². The van der Waals surface area contributed by atoms with Crippen molar-refractivity contribution in [2.75, 3.05) is 29.9 Å². The third-order valence-corrected chi connectivity index (χ3v) is 6.94. The highest BCUT2D eigenvalue weighted by molar-refractivity contribution is 6.07. The Hall–Kier alpha value is -3.94. The van der Waals surface area contributed by atoms with Gasteiger partial charge in [-0.25, -0.2) is 0 Å². The molecule has 2 aliphatic rings. The highest BCUT2D eigenvalue weighted by atomic mass is 16.2. The topological polar surface area (TPSA) is 96.3 Å². The molecule has 1 saturated heterocycles. The highest BCUT2D eigenvalue weighted by Crippen LogP contribution is 2.39. The fraction of sp³-hybridized carbons (Fsp3) is 0.357. The van der Waals surface area contributed by atoms with Crippen molar-refractivity contribution in [1.82, 2.24) is 14.9 Å². The first kappa shape index (κ1) is 23.8. The second-order valence-corrected chi connectivity index (χ2v) is 10.1. The van der Waals surface area contributed by atoms with E-state index in [2.05, 4.69) is 20.5 Å². The Balaban J connectivity index is 1.46. The number of nitrogens with one attached hydrogen (secondary N) is 2. The van der Waals surface area contributed by atoms with Gasteiger partial charge >= 0.3 is 0 Å². The maximum Gasteiger partial charge on any atom is 0.255 e. The van der Waals surface area contributed by atoms with Crippen molar-refractivity contribution in [2.24, 2.45) is 11.8 Å². The number of carbonyl (C=O) groups excluding carboxylic acids is 2. The summed E-state index contributed by atoms with van der Waals surface area (Å²) in [5.74, 6) is 0.464. The number of carbonyl (C=O) groups is 2. The number of aromatic nitrogens is 2. The number of fused-ring (bicyclic) bond motifs is 4. The predicted octanol–water partition coefficient (Wildman–Crippen LogP) is 3.51. The van der Waals surface area contributed by atoms with Gasteiger partial charge in [0.1, 0.15) is 0 Å². The molecule has 8 heteroatoms. The number of amides is 2. The minimum absolute atomic E-state index is 0.0534. The Kier molecular flexibility index (Phi) is 6.59. The number of nitrogens with zero attached hydrogens (tertiary/aromatic N) is 3. The number of rotatable bonds is 6. The van der Waals surface area contributed by atoms with E-state index in [9.17, 15) is 14.4 Å². The maximum absolute atomic E-state index is 13.0. The van der Waals surface area contributed by atoms with Crippen LogP contribution in [0.5, 0.6) is 0 Å². The van der Waals surface area contributed by atoms with Gasteiger partial charge in [0.05, 0.1) is 11.4 Å². The monoisotopic (exact) mass is 485 g/mol. The number of hydrogen-bond acceptors (Lipinski definition) is 5. The van der Waals surface area contributed by atoms with E-state index in [1.54, 1.807) is 36.7 Å². The van der Waals surface area contributed by atoms with Gasteiger partial charge in [0.2, 0.25) is 0 Å². The molecule has 0 unspecified atom stereocenters. The van der Waals surface area contributed by atoms with Crippen molar-refractivity contribution in [1.29, 1.82) is 0 Å². The van der Waals surface area contributed by atoms with Gasteiger partial charge in [0.15, 0.2) is 0 Å². The molecule has 1 fully saturated rings. The number of piperidine rings is 1. The van der Waals surface area contributed by atoms with Crippen LogP contribution in [0.1, 0.15) is 52.6 Å². The Bertz CT molecular complexity index is 1330. The molecule has 8 nitrogen and oxygen atoms in total. The largest absolute Gasteiger partial charge is 0.369 e.